The minimum absolute atomic E-state index is 0.0572. The molecule has 0 radical (unpaired) electrons. The highest BCUT2D eigenvalue weighted by atomic mass is 35.5. The second-order valence-electron chi connectivity index (χ2n) is 11.3. The van der Waals surface area contributed by atoms with E-state index < -0.39 is 11.7 Å². The highest BCUT2D eigenvalue weighted by Crippen LogP contribution is 2.46. The first-order chi connectivity index (χ1) is 19.2. The fourth-order valence-electron chi connectivity index (χ4n) is 5.11. The Morgan fingerprint density at radius 3 is 2.59 bits per heavy atom. The van der Waals surface area contributed by atoms with Gasteiger partial charge in [-0.1, -0.05) is 29.3 Å². The number of aryl methyl sites for hydroxylation is 2. The number of rotatable bonds is 6. The number of nitrogens with one attached hydrogen (secondary N) is 1. The number of likely N-dealkylation sites (tertiary alicyclic amines) is 1. The lowest BCUT2D eigenvalue weighted by atomic mass is 9.98. The first-order valence-corrected chi connectivity index (χ1v) is 14.1. The third-order valence-electron chi connectivity index (χ3n) is 6.87. The fraction of sp³-hybridized carbons (Fsp3) is 0.448. The van der Waals surface area contributed by atoms with E-state index in [9.17, 15) is 19.5 Å². The van der Waals surface area contributed by atoms with Crippen LogP contribution in [0.2, 0.25) is 10.0 Å². The Hall–Kier alpha value is -3.50. The number of amides is 3. The predicted molar refractivity (Wildman–Crippen MR) is 160 cm³/mol. The van der Waals surface area contributed by atoms with Crippen LogP contribution in [0.5, 0.6) is 5.88 Å². The van der Waals surface area contributed by atoms with Crippen LogP contribution in [0.25, 0.3) is 22.0 Å². The Bertz CT molecular complexity index is 1510. The molecule has 1 aliphatic heterocycles. The van der Waals surface area contributed by atoms with Gasteiger partial charge >= 0.3 is 6.09 Å². The number of fused-ring (bicyclic) bond motifs is 1. The SMILES string of the molecule is CC(=O)N[C@H]1CCN(C(=O)CCn2cc3nc(C)c(N(C)C(=O)OC(C)(C)C)c(-c4ccc(Cl)cc4Cl)c3c2O)C1. The van der Waals surface area contributed by atoms with Crippen LogP contribution in [-0.2, 0) is 20.9 Å². The molecule has 41 heavy (non-hydrogen) atoms. The van der Waals surface area contributed by atoms with Crippen LogP contribution in [0.4, 0.5) is 10.5 Å². The van der Waals surface area contributed by atoms with Gasteiger partial charge in [-0.3, -0.25) is 14.5 Å². The van der Waals surface area contributed by atoms with Crippen molar-refractivity contribution in [2.24, 2.45) is 0 Å². The van der Waals surface area contributed by atoms with Gasteiger partial charge in [0.05, 0.1) is 22.3 Å². The molecule has 220 valence electrons. The number of aromatic hydroxyl groups is 1. The summed E-state index contributed by atoms with van der Waals surface area (Å²) in [6, 6.07) is 4.94. The fourth-order valence-corrected chi connectivity index (χ4v) is 5.62. The highest BCUT2D eigenvalue weighted by molar-refractivity contribution is 6.37. The normalized spacial score (nSPS) is 15.3. The van der Waals surface area contributed by atoms with Crippen LogP contribution in [0.15, 0.2) is 24.4 Å². The third kappa shape index (κ3) is 6.70. The number of halogens is 2. The van der Waals surface area contributed by atoms with Crippen molar-refractivity contribution in [1.29, 1.82) is 0 Å². The van der Waals surface area contributed by atoms with Crippen LogP contribution in [0, 0.1) is 6.92 Å². The van der Waals surface area contributed by atoms with Gasteiger partial charge in [0.2, 0.25) is 17.7 Å². The Balaban J connectivity index is 1.74. The number of carbonyl (C=O) groups is 3. The first-order valence-electron chi connectivity index (χ1n) is 13.4. The second kappa shape index (κ2) is 11.8. The van der Waals surface area contributed by atoms with E-state index in [1.165, 1.54) is 11.8 Å². The van der Waals surface area contributed by atoms with Crippen molar-refractivity contribution < 1.29 is 24.2 Å². The van der Waals surface area contributed by atoms with E-state index in [0.29, 0.717) is 63.0 Å². The zero-order chi connectivity index (χ0) is 30.2. The standard InChI is InChI=1S/C29H35Cl2N5O5/c1-16-26(34(6)28(40)41-29(3,4)5)24(20-8-7-18(30)13-21(20)31)25-22(32-16)15-36(27(25)39)12-10-23(38)35-11-9-19(14-35)33-17(2)37/h7-8,13,15,19,39H,9-12,14H2,1-6H3,(H,33,37)/t19-/m0/s1. The summed E-state index contributed by atoms with van der Waals surface area (Å²) in [5, 5.41) is 15.5. The van der Waals surface area contributed by atoms with Crippen LogP contribution < -0.4 is 10.2 Å². The summed E-state index contributed by atoms with van der Waals surface area (Å²) < 4.78 is 7.18. The van der Waals surface area contributed by atoms with E-state index in [1.807, 2.05) is 0 Å². The number of nitrogens with zero attached hydrogens (tertiary/aromatic N) is 4. The van der Waals surface area contributed by atoms with Gasteiger partial charge in [-0.15, -0.1) is 0 Å². The van der Waals surface area contributed by atoms with Crippen molar-refractivity contribution in [2.45, 2.75) is 65.6 Å². The molecular weight excluding hydrogens is 569 g/mol. The summed E-state index contributed by atoms with van der Waals surface area (Å²) in [5.74, 6) is -0.313. The van der Waals surface area contributed by atoms with E-state index in [1.54, 1.807) is 68.6 Å². The molecule has 1 saturated heterocycles. The molecule has 0 aliphatic carbocycles. The van der Waals surface area contributed by atoms with Gasteiger partial charge in [-0.2, -0.15) is 0 Å². The molecule has 1 atom stereocenters. The minimum Gasteiger partial charge on any atom is -0.494 e. The molecule has 4 rings (SSSR count). The first kappa shape index (κ1) is 30.5. The van der Waals surface area contributed by atoms with E-state index >= 15 is 0 Å². The second-order valence-corrected chi connectivity index (χ2v) is 12.1. The monoisotopic (exact) mass is 603 g/mol. The van der Waals surface area contributed by atoms with E-state index in [-0.39, 0.29) is 36.7 Å². The van der Waals surface area contributed by atoms with E-state index in [2.05, 4.69) is 5.32 Å². The molecule has 0 unspecified atom stereocenters. The molecular formula is C29H35Cl2N5O5. The molecule has 3 amide bonds. The van der Waals surface area contributed by atoms with Gasteiger partial charge < -0.3 is 24.6 Å². The van der Waals surface area contributed by atoms with Crippen molar-refractivity contribution in [3.63, 3.8) is 0 Å². The lowest BCUT2D eigenvalue weighted by Crippen LogP contribution is -2.37. The van der Waals surface area contributed by atoms with Crippen molar-refractivity contribution in [3.05, 3.63) is 40.1 Å². The smallest absolute Gasteiger partial charge is 0.414 e. The van der Waals surface area contributed by atoms with Crippen molar-refractivity contribution in [1.82, 2.24) is 19.8 Å². The van der Waals surface area contributed by atoms with Crippen molar-refractivity contribution >= 4 is 57.7 Å². The van der Waals surface area contributed by atoms with Crippen LogP contribution in [-0.4, -0.2) is 69.2 Å². The van der Waals surface area contributed by atoms with Crippen LogP contribution >= 0.6 is 23.2 Å². The number of hydrogen-bond acceptors (Lipinski definition) is 6. The Labute approximate surface area is 249 Å². The molecule has 3 aromatic rings. The number of benzene rings is 1. The van der Waals surface area contributed by atoms with Gasteiger partial charge in [-0.05, 0) is 46.2 Å². The van der Waals surface area contributed by atoms with Crippen molar-refractivity contribution in [3.8, 4) is 17.0 Å². The topological polar surface area (TPSA) is 117 Å². The van der Waals surface area contributed by atoms with Crippen LogP contribution in [0.1, 0.15) is 46.2 Å². The highest BCUT2D eigenvalue weighted by Gasteiger charge is 2.30. The molecule has 12 heteroatoms. The van der Waals surface area contributed by atoms with Gasteiger partial charge in [0.15, 0.2) is 0 Å². The maximum absolute atomic E-state index is 13.1. The van der Waals surface area contributed by atoms with Gasteiger partial charge in [0, 0.05) is 73.4 Å². The zero-order valence-corrected chi connectivity index (χ0v) is 25.6. The molecule has 2 N–H and O–H groups in total. The largest absolute Gasteiger partial charge is 0.494 e. The maximum Gasteiger partial charge on any atom is 0.414 e. The Kier molecular flexibility index (Phi) is 8.75. The molecule has 2 aromatic heterocycles. The van der Waals surface area contributed by atoms with E-state index in [4.69, 9.17) is 32.9 Å². The number of carbonyl (C=O) groups excluding carboxylic acids is 3. The average molecular weight is 605 g/mol. The summed E-state index contributed by atoms with van der Waals surface area (Å²) in [4.78, 5) is 45.2. The van der Waals surface area contributed by atoms with Gasteiger partial charge in [0.25, 0.3) is 0 Å². The van der Waals surface area contributed by atoms with Gasteiger partial charge in [0.1, 0.15) is 5.60 Å². The summed E-state index contributed by atoms with van der Waals surface area (Å²) in [7, 11) is 1.58. The molecule has 3 heterocycles. The van der Waals surface area contributed by atoms with Gasteiger partial charge in [-0.25, -0.2) is 9.78 Å². The number of aromatic nitrogens is 2. The molecule has 1 fully saturated rings. The summed E-state index contributed by atoms with van der Waals surface area (Å²) in [5.41, 5.74) is 1.71. The maximum atomic E-state index is 13.1. The molecule has 0 saturated carbocycles. The zero-order valence-electron chi connectivity index (χ0n) is 24.0. The molecule has 0 bridgehead atoms. The lowest BCUT2D eigenvalue weighted by molar-refractivity contribution is -0.130. The number of pyridine rings is 1. The van der Waals surface area contributed by atoms with Crippen LogP contribution in [0.3, 0.4) is 0 Å². The summed E-state index contributed by atoms with van der Waals surface area (Å²) in [6.07, 6.45) is 1.93. The molecule has 1 aromatic carbocycles. The Morgan fingerprint density at radius 2 is 1.95 bits per heavy atom. The minimum atomic E-state index is -0.732. The number of hydrogen-bond donors (Lipinski definition) is 2. The quantitative estimate of drug-likeness (QED) is 0.383. The Morgan fingerprint density at radius 1 is 1.24 bits per heavy atom. The lowest BCUT2D eigenvalue weighted by Gasteiger charge is -2.27. The summed E-state index contributed by atoms with van der Waals surface area (Å²) >= 11 is 12.8. The molecule has 1 aliphatic rings. The number of ether oxygens (including phenoxy) is 1. The average Bonchev–Trinajstić information content (AvgIpc) is 3.44. The molecule has 10 nitrogen and oxygen atoms in total. The number of anilines is 1. The summed E-state index contributed by atoms with van der Waals surface area (Å²) in [6.45, 7) is 9.77. The molecule has 0 spiro atoms. The third-order valence-corrected chi connectivity index (χ3v) is 7.41. The van der Waals surface area contributed by atoms with E-state index in [0.717, 1.165) is 0 Å². The van der Waals surface area contributed by atoms with Crippen molar-refractivity contribution in [2.75, 3.05) is 25.0 Å². The predicted octanol–water partition coefficient (Wildman–Crippen LogP) is 5.52.